The molecule has 4 heterocycles. The highest BCUT2D eigenvalue weighted by atomic mass is 19.1. The smallest absolute Gasteiger partial charge is 0.323 e. The number of carbonyl (C=O) groups excluding carboxylic acids is 1. The number of ether oxygens (including phenoxy) is 2. The molecule has 202 valence electrons. The molecule has 5 rings (SSSR count). The number of halogens is 2. The fraction of sp³-hybridized carbons (Fsp3) is 0.464. The largest absolute Gasteiger partial charge is 0.459 e. The number of nitrogens with one attached hydrogen (secondary N) is 2. The van der Waals surface area contributed by atoms with Crippen molar-refractivity contribution < 1.29 is 23.0 Å². The molecular weight excluding hydrogens is 492 g/mol. The van der Waals surface area contributed by atoms with E-state index in [1.807, 2.05) is 33.8 Å². The highest BCUT2D eigenvalue weighted by Gasteiger charge is 2.35. The monoisotopic (exact) mass is 525 g/mol. The predicted octanol–water partition coefficient (Wildman–Crippen LogP) is 4.58. The maximum atomic E-state index is 15.2. The molecule has 0 radical (unpaired) electrons. The predicted molar refractivity (Wildman–Crippen MR) is 142 cm³/mol. The molecule has 1 aromatic carbocycles. The zero-order chi connectivity index (χ0) is 27.0. The van der Waals surface area contributed by atoms with Crippen LogP contribution in [0, 0.1) is 18.6 Å². The van der Waals surface area contributed by atoms with Crippen LogP contribution in [-0.4, -0.2) is 60.4 Å². The molecule has 2 fully saturated rings. The molecule has 2 atom stereocenters. The highest BCUT2D eigenvalue weighted by molar-refractivity contribution is 5.96. The quantitative estimate of drug-likeness (QED) is 0.468. The molecule has 2 N–H and O–H groups in total. The first-order valence-electron chi connectivity index (χ1n) is 12.9. The molecule has 8 nitrogen and oxygen atoms in total. The molecule has 2 aliphatic rings. The van der Waals surface area contributed by atoms with E-state index in [0.29, 0.717) is 43.2 Å². The van der Waals surface area contributed by atoms with Gasteiger partial charge < -0.3 is 25.0 Å². The lowest BCUT2D eigenvalue weighted by Crippen LogP contribution is -2.37. The summed E-state index contributed by atoms with van der Waals surface area (Å²) < 4.78 is 40.4. The first-order valence-corrected chi connectivity index (χ1v) is 12.9. The Morgan fingerprint density at radius 2 is 1.95 bits per heavy atom. The number of pyridine rings is 2. The number of morpholine rings is 1. The molecular formula is C28H33F2N5O3. The van der Waals surface area contributed by atoms with Gasteiger partial charge in [0.2, 0.25) is 0 Å². The second-order valence-corrected chi connectivity index (χ2v) is 10.9. The maximum Gasteiger partial charge on any atom is 0.323 e. The van der Waals surface area contributed by atoms with Crippen LogP contribution in [0.15, 0.2) is 30.6 Å². The number of benzene rings is 1. The Labute approximate surface area is 220 Å². The first kappa shape index (κ1) is 26.2. The molecule has 0 aliphatic carbocycles. The lowest BCUT2D eigenvalue weighted by Gasteiger charge is -2.29. The lowest BCUT2D eigenvalue weighted by molar-refractivity contribution is -0.157. The third-order valence-electron chi connectivity index (χ3n) is 6.86. The number of hydrogen-bond donors (Lipinski definition) is 2. The molecule has 38 heavy (non-hydrogen) atoms. The molecule has 10 heteroatoms. The van der Waals surface area contributed by atoms with E-state index in [4.69, 9.17) is 14.5 Å². The van der Waals surface area contributed by atoms with Gasteiger partial charge in [0.15, 0.2) is 0 Å². The number of aromatic nitrogens is 2. The van der Waals surface area contributed by atoms with Gasteiger partial charge in [0.1, 0.15) is 23.3 Å². The van der Waals surface area contributed by atoms with E-state index in [9.17, 15) is 9.18 Å². The number of esters is 1. The van der Waals surface area contributed by atoms with Crippen molar-refractivity contribution in [2.75, 3.05) is 43.1 Å². The third kappa shape index (κ3) is 5.56. The van der Waals surface area contributed by atoms with Crippen LogP contribution < -0.4 is 15.5 Å². The van der Waals surface area contributed by atoms with E-state index in [2.05, 4.69) is 20.5 Å². The van der Waals surface area contributed by atoms with Crippen LogP contribution in [0.2, 0.25) is 0 Å². The average Bonchev–Trinajstić information content (AvgIpc) is 3.35. The summed E-state index contributed by atoms with van der Waals surface area (Å²) in [7, 11) is 0. The lowest BCUT2D eigenvalue weighted by atomic mass is 9.94. The van der Waals surface area contributed by atoms with Gasteiger partial charge in [-0.1, -0.05) is 0 Å². The molecule has 2 saturated heterocycles. The van der Waals surface area contributed by atoms with Crippen molar-refractivity contribution in [1.82, 2.24) is 15.3 Å². The number of nitrogens with zero attached hydrogens (tertiary/aromatic N) is 3. The Hall–Kier alpha value is -3.37. The number of fused-ring (bicyclic) bond motifs is 1. The van der Waals surface area contributed by atoms with E-state index in [-0.39, 0.29) is 22.8 Å². The van der Waals surface area contributed by atoms with E-state index >= 15 is 4.39 Å². The number of carbonyl (C=O) groups is 1. The van der Waals surface area contributed by atoms with Gasteiger partial charge in [-0.05, 0) is 45.7 Å². The molecule has 0 bridgehead atoms. The second-order valence-electron chi connectivity index (χ2n) is 10.9. The van der Waals surface area contributed by atoms with Crippen molar-refractivity contribution in [2.45, 2.75) is 51.7 Å². The fourth-order valence-corrected chi connectivity index (χ4v) is 5.11. The Kier molecular flexibility index (Phi) is 7.19. The zero-order valence-electron chi connectivity index (χ0n) is 22.1. The maximum absolute atomic E-state index is 15.2. The molecule has 2 aromatic heterocycles. The second kappa shape index (κ2) is 10.4. The minimum atomic E-state index is -0.699. The van der Waals surface area contributed by atoms with Crippen molar-refractivity contribution in [3.63, 3.8) is 0 Å². The van der Waals surface area contributed by atoms with Crippen LogP contribution in [0.3, 0.4) is 0 Å². The van der Waals surface area contributed by atoms with Crippen LogP contribution in [0.25, 0.3) is 10.9 Å². The van der Waals surface area contributed by atoms with Crippen LogP contribution in [0.4, 0.5) is 25.8 Å². The van der Waals surface area contributed by atoms with Gasteiger partial charge in [0.25, 0.3) is 0 Å². The molecule has 3 aromatic rings. The molecule has 1 unspecified atom stereocenters. The van der Waals surface area contributed by atoms with Gasteiger partial charge in [-0.2, -0.15) is 0 Å². The summed E-state index contributed by atoms with van der Waals surface area (Å²) in [6.45, 7) is 10.7. The average molecular weight is 526 g/mol. The number of anilines is 3. The summed E-state index contributed by atoms with van der Waals surface area (Å²) in [6.07, 6.45) is 3.93. The summed E-state index contributed by atoms with van der Waals surface area (Å²) >= 11 is 0. The first-order chi connectivity index (χ1) is 18.1. The van der Waals surface area contributed by atoms with Crippen molar-refractivity contribution in [1.29, 1.82) is 0 Å². The molecule has 0 saturated carbocycles. The summed E-state index contributed by atoms with van der Waals surface area (Å²) in [5.74, 6) is -1.85. The third-order valence-corrected chi connectivity index (χ3v) is 6.86. The van der Waals surface area contributed by atoms with Crippen molar-refractivity contribution >= 4 is 33.9 Å². The van der Waals surface area contributed by atoms with Crippen molar-refractivity contribution in [3.8, 4) is 0 Å². The van der Waals surface area contributed by atoms with Gasteiger partial charge >= 0.3 is 5.97 Å². The summed E-state index contributed by atoms with van der Waals surface area (Å²) in [6, 6.07) is 3.58. The van der Waals surface area contributed by atoms with Crippen molar-refractivity contribution in [2.24, 2.45) is 0 Å². The van der Waals surface area contributed by atoms with Crippen LogP contribution in [0.5, 0.6) is 0 Å². The summed E-state index contributed by atoms with van der Waals surface area (Å²) in [5.41, 5.74) is 3.14. The van der Waals surface area contributed by atoms with E-state index in [1.54, 1.807) is 12.4 Å². The van der Waals surface area contributed by atoms with E-state index in [0.717, 1.165) is 30.4 Å². The summed E-state index contributed by atoms with van der Waals surface area (Å²) in [4.78, 5) is 23.9. The molecule has 0 amide bonds. The highest BCUT2D eigenvalue weighted by Crippen LogP contribution is 2.38. The minimum Gasteiger partial charge on any atom is -0.459 e. The number of rotatable bonds is 5. The normalized spacial score (nSPS) is 20.1. The molecule has 0 spiro atoms. The van der Waals surface area contributed by atoms with Gasteiger partial charge in [-0.25, -0.2) is 8.78 Å². The van der Waals surface area contributed by atoms with E-state index < -0.39 is 23.3 Å². The van der Waals surface area contributed by atoms with Gasteiger partial charge in [-0.15, -0.1) is 0 Å². The van der Waals surface area contributed by atoms with Crippen LogP contribution in [0.1, 0.15) is 44.4 Å². The van der Waals surface area contributed by atoms with Crippen LogP contribution in [-0.2, 0) is 14.3 Å². The SMILES string of the molecule is Cc1c(C2CN[C@H](C(=O)OC(C)(C)C)C2)nc2cc(F)cc(F)c2c1Nc1cncc(N2CCOCC2)c1. The fourth-order valence-electron chi connectivity index (χ4n) is 5.11. The van der Waals surface area contributed by atoms with Crippen LogP contribution >= 0.6 is 0 Å². The van der Waals surface area contributed by atoms with Gasteiger partial charge in [0, 0.05) is 37.7 Å². The Balaban J connectivity index is 1.50. The number of hydrogen-bond acceptors (Lipinski definition) is 8. The Bertz CT molecular complexity index is 1350. The van der Waals surface area contributed by atoms with E-state index in [1.165, 1.54) is 6.07 Å². The zero-order valence-corrected chi connectivity index (χ0v) is 22.1. The topological polar surface area (TPSA) is 88.6 Å². The minimum absolute atomic E-state index is 0.137. The standard InChI is InChI=1S/C28H33F2N5O3/c1-16-25(17-9-23(32-13-17)27(36)38-28(2,3)4)34-22-11-18(29)10-21(30)24(22)26(16)33-19-12-20(15-31-14-19)35-5-7-37-8-6-35/h10-12,14-15,17,23,32H,5-9,13H2,1-4H3,(H,33,34)/t17?,23-/m0/s1. The van der Waals surface area contributed by atoms with Gasteiger partial charge in [0.05, 0.1) is 59.3 Å². The van der Waals surface area contributed by atoms with Crippen molar-refractivity contribution in [3.05, 3.63) is 53.5 Å². The molecule has 2 aliphatic heterocycles. The van der Waals surface area contributed by atoms with Gasteiger partial charge in [-0.3, -0.25) is 14.8 Å². The summed E-state index contributed by atoms with van der Waals surface area (Å²) in [5, 5.41) is 6.79. The Morgan fingerprint density at radius 1 is 1.18 bits per heavy atom. The Morgan fingerprint density at radius 3 is 2.68 bits per heavy atom.